The molecule has 0 N–H and O–H groups in total. The molecule has 3 fully saturated rings. The third-order valence-corrected chi connectivity index (χ3v) is 7.00. The van der Waals surface area contributed by atoms with E-state index in [1.807, 2.05) is 0 Å². The highest BCUT2D eigenvalue weighted by molar-refractivity contribution is 5.76. The number of piperidine rings is 1. The second kappa shape index (κ2) is 9.75. The van der Waals surface area contributed by atoms with Crippen LogP contribution >= 0.6 is 0 Å². The molecule has 2 unspecified atom stereocenters. The quantitative estimate of drug-likeness (QED) is 0.663. The third kappa shape index (κ3) is 5.00. The number of aldehydes is 1. The van der Waals surface area contributed by atoms with Crippen molar-refractivity contribution in [1.29, 1.82) is 0 Å². The summed E-state index contributed by atoms with van der Waals surface area (Å²) in [4.78, 5) is 30.9. The summed E-state index contributed by atoms with van der Waals surface area (Å²) in [6, 6.07) is 8.62. The van der Waals surface area contributed by atoms with Gasteiger partial charge in [0.15, 0.2) is 0 Å². The number of carbonyl (C=O) groups excluding carboxylic acids is 2. The molecule has 158 valence electrons. The molecule has 5 nitrogen and oxygen atoms in total. The molecule has 29 heavy (non-hydrogen) atoms. The smallest absolute Gasteiger partial charge is 0.222 e. The van der Waals surface area contributed by atoms with Gasteiger partial charge in [-0.2, -0.15) is 0 Å². The number of anilines is 1. The number of likely N-dealkylation sites (tertiary alicyclic amines) is 2. The molecule has 3 aliphatic rings. The van der Waals surface area contributed by atoms with Crippen molar-refractivity contribution >= 4 is 17.9 Å². The minimum absolute atomic E-state index is 0.0256. The minimum Gasteiger partial charge on any atom is -0.362 e. The van der Waals surface area contributed by atoms with Crippen molar-refractivity contribution < 1.29 is 9.59 Å². The van der Waals surface area contributed by atoms with E-state index in [2.05, 4.69) is 39.0 Å². The van der Waals surface area contributed by atoms with Crippen LogP contribution in [0.2, 0.25) is 0 Å². The highest BCUT2D eigenvalue weighted by atomic mass is 16.2. The lowest BCUT2D eigenvalue weighted by Gasteiger charge is -2.35. The Bertz CT molecular complexity index is 701. The van der Waals surface area contributed by atoms with E-state index in [-0.39, 0.29) is 6.04 Å². The summed E-state index contributed by atoms with van der Waals surface area (Å²) >= 11 is 0. The van der Waals surface area contributed by atoms with E-state index in [4.69, 9.17) is 0 Å². The van der Waals surface area contributed by atoms with E-state index in [9.17, 15) is 9.59 Å². The fraction of sp³-hybridized carbons (Fsp3) is 0.667. The summed E-state index contributed by atoms with van der Waals surface area (Å²) in [5.74, 6) is 0.879. The lowest BCUT2D eigenvalue weighted by molar-refractivity contribution is -0.131. The predicted octanol–water partition coefficient (Wildman–Crippen LogP) is 3.12. The van der Waals surface area contributed by atoms with E-state index in [1.54, 1.807) is 0 Å². The Labute approximate surface area is 175 Å². The molecule has 2 atom stereocenters. The van der Waals surface area contributed by atoms with Gasteiger partial charge in [-0.1, -0.05) is 18.2 Å². The van der Waals surface area contributed by atoms with Crippen LogP contribution in [-0.4, -0.2) is 67.3 Å². The van der Waals surface area contributed by atoms with Gasteiger partial charge in [0.05, 0.1) is 6.04 Å². The molecule has 0 bridgehead atoms. The number of benzene rings is 1. The second-order valence-electron chi connectivity index (χ2n) is 9.02. The zero-order valence-corrected chi connectivity index (χ0v) is 17.6. The summed E-state index contributed by atoms with van der Waals surface area (Å²) in [6.07, 6.45) is 9.61. The maximum Gasteiger partial charge on any atom is 0.222 e. The molecular formula is C24H35N3O2. The molecule has 5 heteroatoms. The molecule has 3 saturated heterocycles. The first-order chi connectivity index (χ1) is 14.2. The van der Waals surface area contributed by atoms with Crippen molar-refractivity contribution in [2.75, 3.05) is 44.2 Å². The number of rotatable bonds is 7. The molecule has 3 aliphatic heterocycles. The van der Waals surface area contributed by atoms with Crippen molar-refractivity contribution in [3.8, 4) is 0 Å². The zero-order chi connectivity index (χ0) is 20.1. The molecule has 0 radical (unpaired) electrons. The summed E-state index contributed by atoms with van der Waals surface area (Å²) in [5.41, 5.74) is 2.59. The van der Waals surface area contributed by atoms with Crippen LogP contribution in [0.1, 0.15) is 50.5 Å². The molecule has 0 saturated carbocycles. The Hall–Kier alpha value is -1.88. The number of carbonyl (C=O) groups is 2. The summed E-state index contributed by atoms with van der Waals surface area (Å²) in [6.45, 7) is 6.08. The van der Waals surface area contributed by atoms with Gasteiger partial charge in [-0.3, -0.25) is 4.79 Å². The van der Waals surface area contributed by atoms with Crippen LogP contribution in [0.3, 0.4) is 0 Å². The molecular weight excluding hydrogens is 362 g/mol. The van der Waals surface area contributed by atoms with Gasteiger partial charge in [-0.15, -0.1) is 0 Å². The Balaban J connectivity index is 1.30. The van der Waals surface area contributed by atoms with Crippen LogP contribution in [0.15, 0.2) is 24.3 Å². The van der Waals surface area contributed by atoms with E-state index in [0.29, 0.717) is 11.8 Å². The molecule has 1 aromatic carbocycles. The van der Waals surface area contributed by atoms with E-state index >= 15 is 0 Å². The average molecular weight is 398 g/mol. The van der Waals surface area contributed by atoms with Gasteiger partial charge in [0.25, 0.3) is 0 Å². The molecule has 0 aliphatic carbocycles. The first-order valence-corrected chi connectivity index (χ1v) is 11.5. The van der Waals surface area contributed by atoms with Gasteiger partial charge in [-0.05, 0) is 69.0 Å². The van der Waals surface area contributed by atoms with Crippen molar-refractivity contribution in [3.05, 3.63) is 29.8 Å². The van der Waals surface area contributed by atoms with Crippen molar-refractivity contribution in [2.24, 2.45) is 5.92 Å². The number of para-hydroxylation sites is 1. The minimum atomic E-state index is 0.0256. The topological polar surface area (TPSA) is 43.9 Å². The highest BCUT2D eigenvalue weighted by Crippen LogP contribution is 2.28. The number of hydrogen-bond donors (Lipinski definition) is 0. The number of nitrogens with zero attached hydrogens (tertiary/aromatic N) is 3. The van der Waals surface area contributed by atoms with E-state index in [0.717, 1.165) is 84.1 Å². The normalized spacial score (nSPS) is 25.5. The monoisotopic (exact) mass is 397 g/mol. The predicted molar refractivity (Wildman–Crippen MR) is 116 cm³/mol. The molecule has 1 aromatic rings. The summed E-state index contributed by atoms with van der Waals surface area (Å²) in [7, 11) is 0. The number of hydrogen-bond acceptors (Lipinski definition) is 4. The molecule has 4 rings (SSSR count). The maximum atomic E-state index is 12.4. The van der Waals surface area contributed by atoms with Gasteiger partial charge in [-0.25, -0.2) is 0 Å². The average Bonchev–Trinajstić information content (AvgIpc) is 3.45. The van der Waals surface area contributed by atoms with Gasteiger partial charge >= 0.3 is 0 Å². The lowest BCUT2D eigenvalue weighted by Crippen LogP contribution is -2.41. The lowest BCUT2D eigenvalue weighted by atomic mass is 9.99. The first kappa shape index (κ1) is 20.4. The Kier molecular flexibility index (Phi) is 6.86. The first-order valence-electron chi connectivity index (χ1n) is 11.5. The van der Waals surface area contributed by atoms with Crippen LogP contribution in [-0.2, 0) is 16.0 Å². The Morgan fingerprint density at radius 2 is 1.79 bits per heavy atom. The second-order valence-corrected chi connectivity index (χ2v) is 9.02. The summed E-state index contributed by atoms with van der Waals surface area (Å²) < 4.78 is 0. The summed E-state index contributed by atoms with van der Waals surface area (Å²) in [5, 5.41) is 0. The highest BCUT2D eigenvalue weighted by Gasteiger charge is 2.28. The standard InChI is InChI=1S/C24H35N3O2/c28-19-22-8-3-4-14-27(22)23-9-2-1-7-21(23)11-16-25-15-10-20(18-25)17-24(29)26-12-5-6-13-26/h1-2,7,9,19-20,22H,3-6,8,10-18H2. The van der Waals surface area contributed by atoms with Crippen molar-refractivity contribution in [2.45, 2.75) is 57.4 Å². The van der Waals surface area contributed by atoms with Crippen LogP contribution in [0.4, 0.5) is 5.69 Å². The fourth-order valence-corrected chi connectivity index (χ4v) is 5.30. The fourth-order valence-electron chi connectivity index (χ4n) is 5.30. The third-order valence-electron chi connectivity index (χ3n) is 7.00. The van der Waals surface area contributed by atoms with Crippen LogP contribution in [0.5, 0.6) is 0 Å². The zero-order valence-electron chi connectivity index (χ0n) is 17.6. The molecule has 0 spiro atoms. The van der Waals surface area contributed by atoms with Crippen LogP contribution in [0.25, 0.3) is 0 Å². The van der Waals surface area contributed by atoms with Crippen molar-refractivity contribution in [3.63, 3.8) is 0 Å². The van der Waals surface area contributed by atoms with Gasteiger partial charge in [0.2, 0.25) is 5.91 Å². The SMILES string of the molecule is O=CC1CCCCN1c1ccccc1CCN1CCC(CC(=O)N2CCCC2)C1. The van der Waals surface area contributed by atoms with E-state index < -0.39 is 0 Å². The number of amides is 1. The largest absolute Gasteiger partial charge is 0.362 e. The van der Waals surface area contributed by atoms with Crippen LogP contribution < -0.4 is 4.90 Å². The van der Waals surface area contributed by atoms with Crippen LogP contribution in [0, 0.1) is 5.92 Å². The molecule has 1 amide bonds. The molecule has 3 heterocycles. The van der Waals surface area contributed by atoms with Gasteiger partial charge < -0.3 is 19.5 Å². The Morgan fingerprint density at radius 1 is 1.00 bits per heavy atom. The Morgan fingerprint density at radius 3 is 2.62 bits per heavy atom. The van der Waals surface area contributed by atoms with Gasteiger partial charge in [0, 0.05) is 44.8 Å². The molecule has 0 aromatic heterocycles. The van der Waals surface area contributed by atoms with Crippen molar-refractivity contribution in [1.82, 2.24) is 9.80 Å². The van der Waals surface area contributed by atoms with E-state index in [1.165, 1.54) is 24.1 Å². The maximum absolute atomic E-state index is 12.4. The van der Waals surface area contributed by atoms with Gasteiger partial charge in [0.1, 0.15) is 6.29 Å².